The minimum absolute atomic E-state index is 0. The molecule has 0 atom stereocenters. The van der Waals surface area contributed by atoms with Crippen LogP contribution in [0, 0.1) is 66.5 Å². The van der Waals surface area contributed by atoms with E-state index in [9.17, 15) is 0 Å². The molecule has 0 saturated heterocycles. The Kier molecular flexibility index (Phi) is 88.5. The van der Waals surface area contributed by atoms with Crippen molar-refractivity contribution in [1.29, 1.82) is 0 Å². The smallest absolute Gasteiger partial charge is 0 e. The van der Waals surface area contributed by atoms with Crippen LogP contribution in [0.4, 0.5) is 0 Å². The normalized spacial score (nSPS) is 6.95. The van der Waals surface area contributed by atoms with Crippen LogP contribution in [0.25, 0.3) is 0 Å². The molecule has 4 aromatic rings. The van der Waals surface area contributed by atoms with Crippen molar-refractivity contribution in [1.82, 2.24) is 0 Å². The molecule has 0 N–H and O–H groups in total. The van der Waals surface area contributed by atoms with Crippen LogP contribution in [0.3, 0.4) is 0 Å². The zero-order valence-corrected chi connectivity index (χ0v) is 38.9. The summed E-state index contributed by atoms with van der Waals surface area (Å²) in [5, 5.41) is 6.17. The average Bonchev–Trinajstić information content (AvgIpc) is 3.29. The third-order valence-electron chi connectivity index (χ3n) is 5.04. The van der Waals surface area contributed by atoms with E-state index in [0.29, 0.717) is 0 Å². The van der Waals surface area contributed by atoms with Gasteiger partial charge in [0.2, 0.25) is 0 Å². The van der Waals surface area contributed by atoms with E-state index in [0.717, 1.165) is 13.0 Å². The molecular formula is C37H24O10P2S4W2+2. The van der Waals surface area contributed by atoms with Crippen LogP contribution >= 0.6 is 63.8 Å². The van der Waals surface area contributed by atoms with Crippen molar-refractivity contribution >= 4 is 92.9 Å². The molecule has 0 unspecified atom stereocenters. The number of hydrogen-bond acceptors (Lipinski definition) is 4. The molecule has 0 aliphatic carbocycles. The van der Waals surface area contributed by atoms with Crippen LogP contribution in [-0.4, -0.2) is 13.0 Å². The van der Waals surface area contributed by atoms with Crippen molar-refractivity contribution in [3.8, 4) is 0 Å². The predicted octanol–water partition coefficient (Wildman–Crippen LogP) is 6.33. The molecule has 0 aliphatic heterocycles. The van der Waals surface area contributed by atoms with Gasteiger partial charge in [0.25, 0.3) is 0 Å². The van der Waals surface area contributed by atoms with Gasteiger partial charge in [-0.25, -0.2) is 0 Å². The van der Waals surface area contributed by atoms with Crippen molar-refractivity contribution in [2.75, 3.05) is 5.08 Å². The van der Waals surface area contributed by atoms with E-state index in [-0.39, 0.29) is 42.1 Å². The van der Waals surface area contributed by atoms with Crippen molar-refractivity contribution in [2.24, 2.45) is 0 Å². The summed E-state index contributed by atoms with van der Waals surface area (Å²) in [6.45, 7) is 45.0. The van der Waals surface area contributed by atoms with E-state index in [2.05, 4.69) is 188 Å². The fourth-order valence-electron chi connectivity index (χ4n) is 3.50. The first kappa shape index (κ1) is 73.5. The first-order chi connectivity index (χ1) is 26.2. The number of thioether (sulfide) groups is 2. The van der Waals surface area contributed by atoms with Crippen molar-refractivity contribution < 1.29 is 88.7 Å². The molecule has 0 spiro atoms. The molecule has 4 rings (SSSR count). The van der Waals surface area contributed by atoms with Crippen LogP contribution in [-0.2, 0) is 88.7 Å². The van der Waals surface area contributed by atoms with Gasteiger partial charge in [-0.05, 0) is 73.0 Å². The largest absolute Gasteiger partial charge is 0 e. The van der Waals surface area contributed by atoms with Crippen molar-refractivity contribution in [2.45, 2.75) is 0 Å². The zero-order chi connectivity index (χ0) is 42.9. The number of rotatable bonds is 8. The molecule has 0 bridgehead atoms. The maximum absolute atomic E-state index is 7.50. The van der Waals surface area contributed by atoms with Crippen molar-refractivity contribution in [3.63, 3.8) is 0 Å². The minimum Gasteiger partial charge on any atom is 0 e. The Hall–Kier alpha value is -2.60. The second kappa shape index (κ2) is 66.2. The van der Waals surface area contributed by atoms with Gasteiger partial charge in [-0.15, -0.1) is 0 Å². The van der Waals surface area contributed by atoms with E-state index in [1.54, 1.807) is 23.5 Å². The summed E-state index contributed by atoms with van der Waals surface area (Å²) in [5.41, 5.74) is 0. The topological polar surface area (TPSA) is 199 Å². The van der Waals surface area contributed by atoms with E-state index in [1.165, 1.54) is 21.2 Å². The summed E-state index contributed by atoms with van der Waals surface area (Å²) in [6.07, 6.45) is 0. The Labute approximate surface area is 371 Å². The summed E-state index contributed by atoms with van der Waals surface area (Å²) in [4.78, 5) is 0. The molecule has 0 heterocycles. The Morgan fingerprint density at radius 1 is 0.345 bits per heavy atom. The Balaban J connectivity index is -0.000000120. The average molecular weight is 1190 g/mol. The van der Waals surface area contributed by atoms with Gasteiger partial charge in [-0.2, -0.15) is 0 Å². The molecule has 0 fully saturated rings. The van der Waals surface area contributed by atoms with Crippen LogP contribution in [0.2, 0.25) is 0 Å². The Morgan fingerprint density at radius 3 is 0.636 bits per heavy atom. The first-order valence-corrected chi connectivity index (χ1v) is 18.4. The standard InChI is InChI=1S/C27H22P2S4.10CO.2W/c30-26(28(22-13-5-1-6-14-22)23-15-7-2-8-16-23)32-21-33-27(31)29(24-17-9-3-10-18-24)25-19-11-4-12-20-25;10*1-2;;/h1-20H,21H2;;;;;;;;;;;;/p+2. The molecule has 0 saturated carbocycles. The van der Waals surface area contributed by atoms with Gasteiger partial charge in [0.15, 0.2) is 7.88 Å². The summed E-state index contributed by atoms with van der Waals surface area (Å²) in [7, 11) is -2.30. The number of thiocarbonyl (C=S) groups is 2. The fraction of sp³-hybridized carbons (Fsp3) is 0.0270. The van der Waals surface area contributed by atoms with Crippen LogP contribution in [0.1, 0.15) is 0 Å². The molecule has 55 heavy (non-hydrogen) atoms. The molecule has 0 radical (unpaired) electrons. The number of benzene rings is 4. The summed E-state index contributed by atoms with van der Waals surface area (Å²) in [6, 6.07) is 42.8. The summed E-state index contributed by atoms with van der Waals surface area (Å²) >= 11 is 15.6. The SMILES string of the molecule is S=C(SCSC(=S)[PH+](c1ccccc1)c1ccccc1)[PH+](c1ccccc1)c1ccccc1.[C-]#[O+].[C-]#[O+].[C-]#[O+].[C-]#[O+].[C-]#[O+].[C-]#[O+].[C-]#[O+].[C-]#[O+].[C-]#[O+].[C-]#[O+].[W].[W]. The van der Waals surface area contributed by atoms with Crippen LogP contribution in [0.5, 0.6) is 0 Å². The molecular weight excluding hydrogens is 1160 g/mol. The maximum atomic E-state index is 7.50. The molecule has 10 nitrogen and oxygen atoms in total. The van der Waals surface area contributed by atoms with Crippen LogP contribution in [0.15, 0.2) is 121 Å². The van der Waals surface area contributed by atoms with E-state index in [4.69, 9.17) is 71.0 Å². The second-order valence-electron chi connectivity index (χ2n) is 7.20. The fourth-order valence-corrected chi connectivity index (χ4v) is 14.2. The third-order valence-corrected chi connectivity index (χ3v) is 15.0. The monoisotopic (exact) mass is 1190 g/mol. The van der Waals surface area contributed by atoms with E-state index >= 15 is 0 Å². The molecule has 4 aromatic carbocycles. The van der Waals surface area contributed by atoms with Gasteiger partial charge >= 0.3 is 113 Å². The first-order valence-electron chi connectivity index (χ1n) is 12.6. The van der Waals surface area contributed by atoms with Crippen LogP contribution < -0.4 is 21.2 Å². The molecule has 0 aliphatic rings. The van der Waals surface area contributed by atoms with Gasteiger partial charge in [0, 0.05) is 42.1 Å². The van der Waals surface area contributed by atoms with E-state index in [1.807, 2.05) is 0 Å². The van der Waals surface area contributed by atoms with E-state index < -0.39 is 15.8 Å². The Morgan fingerprint density at radius 2 is 0.491 bits per heavy atom. The minimum atomic E-state index is -1.15. The van der Waals surface area contributed by atoms with Gasteiger partial charge in [0.1, 0.15) is 37.1 Å². The molecule has 0 amide bonds. The van der Waals surface area contributed by atoms with Gasteiger partial charge < -0.3 is 0 Å². The second-order valence-corrected chi connectivity index (χ2v) is 17.1. The molecule has 18 heteroatoms. The zero-order valence-electron chi connectivity index (χ0n) is 27.8. The Bertz CT molecular complexity index is 1390. The quantitative estimate of drug-likeness (QED) is 0.0654. The maximum Gasteiger partial charge on any atom is 0 e. The summed E-state index contributed by atoms with van der Waals surface area (Å²) < 4.78 is 77.2. The van der Waals surface area contributed by atoms with Crippen molar-refractivity contribution in [3.05, 3.63) is 188 Å². The van der Waals surface area contributed by atoms with Gasteiger partial charge in [-0.3, -0.25) is 0 Å². The van der Waals surface area contributed by atoms with Gasteiger partial charge in [0.05, 0.1) is 5.08 Å². The predicted molar refractivity (Wildman–Crippen MR) is 205 cm³/mol. The number of hydrogen-bond donors (Lipinski definition) is 0. The molecule has 276 valence electrons. The van der Waals surface area contributed by atoms with Gasteiger partial charge in [-0.1, -0.05) is 96.3 Å². The summed E-state index contributed by atoms with van der Waals surface area (Å²) in [5.74, 6) is 0. The molecule has 0 aromatic heterocycles. The third kappa shape index (κ3) is 35.5.